The monoisotopic (exact) mass is 264 g/mol. The van der Waals surface area contributed by atoms with Crippen LogP contribution in [0.4, 0.5) is 0 Å². The Morgan fingerprint density at radius 2 is 2.39 bits per heavy atom. The highest BCUT2D eigenvalue weighted by Crippen LogP contribution is 2.10. The first-order valence-corrected chi connectivity index (χ1v) is 6.31. The average Bonchev–Trinajstić information content (AvgIpc) is 2.61. The molecule has 0 aliphatic carbocycles. The van der Waals surface area contributed by atoms with E-state index < -0.39 is 0 Å². The summed E-state index contributed by atoms with van der Waals surface area (Å²) in [5.41, 5.74) is 1.69. The van der Waals surface area contributed by atoms with Crippen LogP contribution >= 0.6 is 12.2 Å². The summed E-state index contributed by atoms with van der Waals surface area (Å²) in [4.78, 5) is 19.0. The number of nitrogens with zero attached hydrogens (tertiary/aromatic N) is 2. The quantitative estimate of drug-likeness (QED) is 0.830. The molecule has 0 aliphatic heterocycles. The molecule has 0 unspecified atom stereocenters. The zero-order chi connectivity index (χ0) is 13.1. The van der Waals surface area contributed by atoms with E-state index in [2.05, 4.69) is 15.3 Å². The van der Waals surface area contributed by atoms with Crippen molar-refractivity contribution in [3.63, 3.8) is 0 Å². The number of rotatable bonds is 4. The number of H-pyrrole nitrogens is 1. The Bertz CT molecular complexity index is 614. The Kier molecular flexibility index (Phi) is 3.76. The van der Waals surface area contributed by atoms with Gasteiger partial charge in [0.2, 0.25) is 5.91 Å². The number of hydrogen-bond acceptors (Lipinski definition) is 3. The molecule has 0 saturated heterocycles. The number of hydrogen-bond donors (Lipinski definition) is 2. The summed E-state index contributed by atoms with van der Waals surface area (Å²) in [6, 6.07) is 3.93. The zero-order valence-electron chi connectivity index (χ0n) is 10.4. The normalized spacial score (nSPS) is 11.1. The summed E-state index contributed by atoms with van der Waals surface area (Å²) in [6.45, 7) is 4.42. The lowest BCUT2D eigenvalue weighted by atomic mass is 10.3. The molecule has 0 radical (unpaired) electrons. The fraction of sp³-hybridized carbons (Fsp3) is 0.417. The lowest BCUT2D eigenvalue weighted by Gasteiger charge is -2.08. The fourth-order valence-electron chi connectivity index (χ4n) is 1.80. The maximum atomic E-state index is 11.6. The maximum absolute atomic E-state index is 11.6. The van der Waals surface area contributed by atoms with Crippen LogP contribution in [0.2, 0.25) is 0 Å². The van der Waals surface area contributed by atoms with Gasteiger partial charge in [-0.2, -0.15) is 0 Å². The van der Waals surface area contributed by atoms with Crippen molar-refractivity contribution >= 4 is 29.3 Å². The topological polar surface area (TPSA) is 62.7 Å². The van der Waals surface area contributed by atoms with E-state index in [0.717, 1.165) is 11.2 Å². The molecule has 0 aliphatic rings. The van der Waals surface area contributed by atoms with Crippen molar-refractivity contribution in [1.29, 1.82) is 0 Å². The molecule has 96 valence electrons. The number of carbonyl (C=O) groups is 1. The summed E-state index contributed by atoms with van der Waals surface area (Å²) in [5.74, 6) is 0.0252. The summed E-state index contributed by atoms with van der Waals surface area (Å²) in [6.07, 6.45) is 2.12. The molecule has 18 heavy (non-hydrogen) atoms. The molecule has 2 aromatic rings. The maximum Gasteiger partial charge on any atom is 0.221 e. The highest BCUT2D eigenvalue weighted by molar-refractivity contribution is 7.71. The standard InChI is InChI=1S/C12H16N4OS/c1-8(2)14-10(17)5-7-16-11-9(15-12(16)18)4-3-6-13-11/h3-4,6,8H,5,7H2,1-2H3,(H,14,17)(H,15,18). The predicted molar refractivity (Wildman–Crippen MR) is 72.8 cm³/mol. The molecule has 0 spiro atoms. The van der Waals surface area contributed by atoms with Gasteiger partial charge in [0.15, 0.2) is 10.4 Å². The van der Waals surface area contributed by atoms with Crippen molar-refractivity contribution in [3.05, 3.63) is 23.1 Å². The molecular formula is C12H16N4OS. The highest BCUT2D eigenvalue weighted by atomic mass is 32.1. The van der Waals surface area contributed by atoms with E-state index in [1.165, 1.54) is 0 Å². The number of carbonyl (C=O) groups excluding carboxylic acids is 1. The van der Waals surface area contributed by atoms with E-state index in [-0.39, 0.29) is 11.9 Å². The van der Waals surface area contributed by atoms with E-state index in [0.29, 0.717) is 17.7 Å². The smallest absolute Gasteiger partial charge is 0.221 e. The second kappa shape index (κ2) is 5.30. The Morgan fingerprint density at radius 3 is 3.11 bits per heavy atom. The second-order valence-electron chi connectivity index (χ2n) is 4.43. The molecule has 2 rings (SSSR count). The van der Waals surface area contributed by atoms with Gasteiger partial charge in [-0.3, -0.25) is 4.79 Å². The molecular weight excluding hydrogens is 248 g/mol. The molecule has 2 heterocycles. The van der Waals surface area contributed by atoms with Crippen molar-refractivity contribution < 1.29 is 4.79 Å². The largest absolute Gasteiger partial charge is 0.354 e. The Morgan fingerprint density at radius 1 is 1.61 bits per heavy atom. The highest BCUT2D eigenvalue weighted by Gasteiger charge is 2.08. The van der Waals surface area contributed by atoms with Crippen molar-refractivity contribution in [1.82, 2.24) is 19.9 Å². The first-order chi connectivity index (χ1) is 8.58. The number of pyridine rings is 1. The first kappa shape index (κ1) is 12.8. The van der Waals surface area contributed by atoms with Gasteiger partial charge < -0.3 is 14.9 Å². The third-order valence-electron chi connectivity index (χ3n) is 2.54. The van der Waals surface area contributed by atoms with E-state index >= 15 is 0 Å². The van der Waals surface area contributed by atoms with Gasteiger partial charge in [-0.15, -0.1) is 0 Å². The van der Waals surface area contributed by atoms with Crippen LogP contribution in [-0.2, 0) is 11.3 Å². The van der Waals surface area contributed by atoms with Gasteiger partial charge in [0.05, 0.1) is 5.52 Å². The molecule has 1 amide bonds. The Balaban J connectivity index is 2.15. The number of nitrogens with one attached hydrogen (secondary N) is 2. The molecule has 0 bridgehead atoms. The van der Waals surface area contributed by atoms with E-state index in [9.17, 15) is 4.79 Å². The summed E-state index contributed by atoms with van der Waals surface area (Å²) < 4.78 is 2.45. The lowest BCUT2D eigenvalue weighted by molar-refractivity contribution is -0.121. The van der Waals surface area contributed by atoms with Crippen LogP contribution in [0.15, 0.2) is 18.3 Å². The van der Waals surface area contributed by atoms with E-state index in [1.807, 2.05) is 30.5 Å². The number of fused-ring (bicyclic) bond motifs is 1. The van der Waals surface area contributed by atoms with Crippen LogP contribution in [0, 0.1) is 4.77 Å². The van der Waals surface area contributed by atoms with Gasteiger partial charge in [0.25, 0.3) is 0 Å². The minimum Gasteiger partial charge on any atom is -0.354 e. The molecule has 0 aromatic carbocycles. The van der Waals surface area contributed by atoms with Gasteiger partial charge in [-0.05, 0) is 38.2 Å². The van der Waals surface area contributed by atoms with Crippen LogP contribution in [0.1, 0.15) is 20.3 Å². The van der Waals surface area contributed by atoms with Crippen LogP contribution < -0.4 is 5.32 Å². The molecule has 2 aromatic heterocycles. The van der Waals surface area contributed by atoms with Crippen molar-refractivity contribution in [2.24, 2.45) is 0 Å². The number of aromatic nitrogens is 3. The molecule has 0 atom stereocenters. The van der Waals surface area contributed by atoms with Gasteiger partial charge >= 0.3 is 0 Å². The van der Waals surface area contributed by atoms with Crippen molar-refractivity contribution in [2.75, 3.05) is 0 Å². The number of amides is 1. The summed E-state index contributed by atoms with van der Waals surface area (Å²) >= 11 is 5.23. The number of aryl methyl sites for hydroxylation is 1. The van der Waals surface area contributed by atoms with Crippen LogP contribution in [0.3, 0.4) is 0 Å². The van der Waals surface area contributed by atoms with Gasteiger partial charge in [-0.25, -0.2) is 4.98 Å². The van der Waals surface area contributed by atoms with Gasteiger partial charge in [-0.1, -0.05) is 0 Å². The third kappa shape index (κ3) is 2.76. The molecule has 5 nitrogen and oxygen atoms in total. The van der Waals surface area contributed by atoms with Gasteiger partial charge in [0, 0.05) is 25.2 Å². The average molecular weight is 264 g/mol. The SMILES string of the molecule is CC(C)NC(=O)CCn1c(=S)[nH]c2cccnc21. The molecule has 0 saturated carbocycles. The Labute approximate surface area is 110 Å². The minimum absolute atomic E-state index is 0.0252. The van der Waals surface area contributed by atoms with Crippen LogP contribution in [0.5, 0.6) is 0 Å². The first-order valence-electron chi connectivity index (χ1n) is 5.91. The number of imidazole rings is 1. The molecule has 2 N–H and O–H groups in total. The third-order valence-corrected chi connectivity index (χ3v) is 2.86. The lowest BCUT2D eigenvalue weighted by Crippen LogP contribution is -2.30. The van der Waals surface area contributed by atoms with Gasteiger partial charge in [0.1, 0.15) is 0 Å². The van der Waals surface area contributed by atoms with Crippen molar-refractivity contribution in [3.8, 4) is 0 Å². The van der Waals surface area contributed by atoms with Crippen LogP contribution in [-0.4, -0.2) is 26.5 Å². The Hall–Kier alpha value is -1.69. The zero-order valence-corrected chi connectivity index (χ0v) is 11.3. The predicted octanol–water partition coefficient (Wildman–Crippen LogP) is 2.01. The second-order valence-corrected chi connectivity index (χ2v) is 4.82. The van der Waals surface area contributed by atoms with Crippen molar-refractivity contribution in [2.45, 2.75) is 32.9 Å². The summed E-state index contributed by atoms with van der Waals surface area (Å²) in [5, 5.41) is 2.86. The molecule has 0 fully saturated rings. The molecule has 6 heteroatoms. The minimum atomic E-state index is 0.0252. The fourth-order valence-corrected chi connectivity index (χ4v) is 2.09. The number of aromatic amines is 1. The van der Waals surface area contributed by atoms with E-state index in [1.54, 1.807) is 6.20 Å². The van der Waals surface area contributed by atoms with Crippen LogP contribution in [0.25, 0.3) is 11.2 Å². The summed E-state index contributed by atoms with van der Waals surface area (Å²) in [7, 11) is 0. The van der Waals surface area contributed by atoms with E-state index in [4.69, 9.17) is 12.2 Å².